The van der Waals surface area contributed by atoms with Gasteiger partial charge in [0.25, 0.3) is 0 Å². The Morgan fingerprint density at radius 1 is 0.957 bits per heavy atom. The van der Waals surface area contributed by atoms with Gasteiger partial charge in [-0.05, 0) is 55.5 Å². The third kappa shape index (κ3) is 5.47. The zero-order chi connectivity index (χ0) is 16.7. The molecule has 0 atom stereocenters. The summed E-state index contributed by atoms with van der Waals surface area (Å²) in [5, 5.41) is 0. The van der Waals surface area contributed by atoms with Crippen LogP contribution in [-0.2, 0) is 9.53 Å². The Morgan fingerprint density at radius 2 is 1.48 bits per heavy atom. The molecule has 0 amide bonds. The summed E-state index contributed by atoms with van der Waals surface area (Å²) in [7, 11) is 0. The molecule has 0 unspecified atom stereocenters. The minimum absolute atomic E-state index is 0.152. The summed E-state index contributed by atoms with van der Waals surface area (Å²) in [6.07, 6.45) is 0. The van der Waals surface area contributed by atoms with Crippen LogP contribution in [-0.4, -0.2) is 19.2 Å². The third-order valence-corrected chi connectivity index (χ3v) is 2.81. The number of hydrogen-bond acceptors (Lipinski definition) is 4. The Morgan fingerprint density at radius 3 is 2.04 bits per heavy atom. The van der Waals surface area contributed by atoms with Crippen LogP contribution in [0, 0.1) is 5.82 Å². The summed E-state index contributed by atoms with van der Waals surface area (Å²) in [4.78, 5) is 11.2. The molecule has 0 radical (unpaired) electrons. The maximum absolute atomic E-state index is 12.8. The van der Waals surface area contributed by atoms with Crippen molar-refractivity contribution < 1.29 is 23.4 Å². The fourth-order valence-corrected chi connectivity index (χ4v) is 1.66. The second-order valence-electron chi connectivity index (χ2n) is 4.79. The van der Waals surface area contributed by atoms with Gasteiger partial charge in [-0.15, -0.1) is 0 Å². The summed E-state index contributed by atoms with van der Waals surface area (Å²) >= 11 is 0. The molecule has 0 N–H and O–H groups in total. The average Bonchev–Trinajstić information content (AvgIpc) is 2.55. The largest absolute Gasteiger partial charge is 0.490 e. The van der Waals surface area contributed by atoms with Gasteiger partial charge in [0, 0.05) is 5.57 Å². The molecule has 0 aromatic heterocycles. The van der Waals surface area contributed by atoms with E-state index >= 15 is 0 Å². The Balaban J connectivity index is 1.79. The number of hydrogen-bond donors (Lipinski definition) is 0. The Kier molecular flexibility index (Phi) is 5.74. The molecule has 23 heavy (non-hydrogen) atoms. The number of rotatable bonds is 7. The predicted octanol–water partition coefficient (Wildman–Crippen LogP) is 4.12. The smallest absolute Gasteiger partial charge is 0.333 e. The standard InChI is InChI=1S/C18H17FO4/c1-13(2)18(20)22-12-11-21-15-7-9-17(10-8-15)23-16-5-3-14(19)4-6-16/h3-10H,1,11-12H2,2H3. The van der Waals surface area contributed by atoms with Gasteiger partial charge in [0.05, 0.1) is 0 Å². The molecular formula is C18H17FO4. The lowest BCUT2D eigenvalue weighted by atomic mass is 10.3. The van der Waals surface area contributed by atoms with Crippen LogP contribution in [0.3, 0.4) is 0 Å². The first-order valence-corrected chi connectivity index (χ1v) is 7.03. The van der Waals surface area contributed by atoms with Gasteiger partial charge in [-0.3, -0.25) is 0 Å². The van der Waals surface area contributed by atoms with Crippen molar-refractivity contribution in [2.24, 2.45) is 0 Å². The van der Waals surface area contributed by atoms with E-state index in [-0.39, 0.29) is 19.0 Å². The van der Waals surface area contributed by atoms with Gasteiger partial charge in [0.1, 0.15) is 36.3 Å². The zero-order valence-corrected chi connectivity index (χ0v) is 12.8. The summed E-state index contributed by atoms with van der Waals surface area (Å²) in [6, 6.07) is 12.7. The van der Waals surface area contributed by atoms with Crippen LogP contribution in [0.5, 0.6) is 17.2 Å². The first-order valence-electron chi connectivity index (χ1n) is 7.03. The van der Waals surface area contributed by atoms with Crippen LogP contribution >= 0.6 is 0 Å². The molecule has 0 spiro atoms. The highest BCUT2D eigenvalue weighted by atomic mass is 19.1. The van der Waals surface area contributed by atoms with Gasteiger partial charge in [0.2, 0.25) is 0 Å². The van der Waals surface area contributed by atoms with Gasteiger partial charge in [-0.25, -0.2) is 9.18 Å². The van der Waals surface area contributed by atoms with E-state index in [2.05, 4.69) is 6.58 Å². The summed E-state index contributed by atoms with van der Waals surface area (Å²) in [6.45, 7) is 5.48. The number of benzene rings is 2. The van der Waals surface area contributed by atoms with Crippen molar-refractivity contribution in [3.8, 4) is 17.2 Å². The van der Waals surface area contributed by atoms with Crippen LogP contribution in [0.1, 0.15) is 6.92 Å². The fourth-order valence-electron chi connectivity index (χ4n) is 1.66. The van der Waals surface area contributed by atoms with Crippen LogP contribution in [0.2, 0.25) is 0 Å². The van der Waals surface area contributed by atoms with Crippen molar-refractivity contribution in [3.63, 3.8) is 0 Å². The molecule has 2 aromatic carbocycles. The fraction of sp³-hybridized carbons (Fsp3) is 0.167. The molecule has 0 saturated carbocycles. The monoisotopic (exact) mass is 316 g/mol. The lowest BCUT2D eigenvalue weighted by Crippen LogP contribution is -2.12. The maximum Gasteiger partial charge on any atom is 0.333 e. The van der Waals surface area contributed by atoms with Gasteiger partial charge >= 0.3 is 5.97 Å². The summed E-state index contributed by atoms with van der Waals surface area (Å²) in [5.41, 5.74) is 0.354. The van der Waals surface area contributed by atoms with E-state index < -0.39 is 5.97 Å². The highest BCUT2D eigenvalue weighted by Gasteiger charge is 2.03. The summed E-state index contributed by atoms with van der Waals surface area (Å²) in [5.74, 6) is 1.04. The number of esters is 1. The minimum Gasteiger partial charge on any atom is -0.490 e. The zero-order valence-electron chi connectivity index (χ0n) is 12.8. The van der Waals surface area contributed by atoms with Crippen molar-refractivity contribution in [1.82, 2.24) is 0 Å². The van der Waals surface area contributed by atoms with E-state index in [0.29, 0.717) is 22.8 Å². The number of carbonyl (C=O) groups is 1. The Hall–Kier alpha value is -2.82. The number of carbonyl (C=O) groups excluding carboxylic acids is 1. The lowest BCUT2D eigenvalue weighted by Gasteiger charge is -2.09. The molecule has 2 rings (SSSR count). The molecule has 0 fully saturated rings. The Labute approximate surface area is 134 Å². The van der Waals surface area contributed by atoms with Crippen molar-refractivity contribution in [3.05, 3.63) is 66.5 Å². The van der Waals surface area contributed by atoms with E-state index in [1.807, 2.05) is 0 Å². The summed E-state index contributed by atoms with van der Waals surface area (Å²) < 4.78 is 28.7. The topological polar surface area (TPSA) is 44.8 Å². The SMILES string of the molecule is C=C(C)C(=O)OCCOc1ccc(Oc2ccc(F)cc2)cc1. The number of halogens is 1. The van der Waals surface area contributed by atoms with Crippen molar-refractivity contribution in [1.29, 1.82) is 0 Å². The van der Waals surface area contributed by atoms with E-state index in [9.17, 15) is 9.18 Å². The first kappa shape index (κ1) is 16.5. The normalized spacial score (nSPS) is 10.0. The number of ether oxygens (including phenoxy) is 3. The quantitative estimate of drug-likeness (QED) is 0.438. The molecule has 0 aliphatic carbocycles. The molecular weight excluding hydrogens is 299 g/mol. The molecule has 5 heteroatoms. The van der Waals surface area contributed by atoms with Gasteiger partial charge in [-0.1, -0.05) is 6.58 Å². The minimum atomic E-state index is -0.434. The van der Waals surface area contributed by atoms with Crippen LogP contribution < -0.4 is 9.47 Å². The van der Waals surface area contributed by atoms with Crippen LogP contribution in [0.4, 0.5) is 4.39 Å². The second-order valence-corrected chi connectivity index (χ2v) is 4.79. The van der Waals surface area contributed by atoms with Gasteiger partial charge in [-0.2, -0.15) is 0 Å². The predicted molar refractivity (Wildman–Crippen MR) is 84.2 cm³/mol. The molecule has 0 saturated heterocycles. The van der Waals surface area contributed by atoms with E-state index in [4.69, 9.17) is 14.2 Å². The second kappa shape index (κ2) is 7.98. The van der Waals surface area contributed by atoms with Gasteiger partial charge < -0.3 is 14.2 Å². The van der Waals surface area contributed by atoms with E-state index in [0.717, 1.165) is 0 Å². The molecule has 0 aliphatic rings. The van der Waals surface area contributed by atoms with Crippen LogP contribution in [0.25, 0.3) is 0 Å². The first-order chi connectivity index (χ1) is 11.0. The molecule has 0 bridgehead atoms. The van der Waals surface area contributed by atoms with Crippen molar-refractivity contribution in [2.45, 2.75) is 6.92 Å². The highest BCUT2D eigenvalue weighted by Crippen LogP contribution is 2.23. The van der Waals surface area contributed by atoms with Gasteiger partial charge in [0.15, 0.2) is 0 Å². The lowest BCUT2D eigenvalue weighted by molar-refractivity contribution is -0.139. The average molecular weight is 316 g/mol. The Bertz CT molecular complexity index is 662. The molecule has 0 heterocycles. The van der Waals surface area contributed by atoms with E-state index in [1.54, 1.807) is 43.3 Å². The maximum atomic E-state index is 12.8. The van der Waals surface area contributed by atoms with Crippen LogP contribution in [0.15, 0.2) is 60.7 Å². The molecule has 4 nitrogen and oxygen atoms in total. The van der Waals surface area contributed by atoms with E-state index in [1.165, 1.54) is 12.1 Å². The van der Waals surface area contributed by atoms with Crippen molar-refractivity contribution >= 4 is 5.97 Å². The molecule has 2 aromatic rings. The third-order valence-electron chi connectivity index (χ3n) is 2.81. The van der Waals surface area contributed by atoms with Crippen molar-refractivity contribution in [2.75, 3.05) is 13.2 Å². The highest BCUT2D eigenvalue weighted by molar-refractivity contribution is 5.86. The molecule has 0 aliphatic heterocycles. The molecule has 120 valence electrons.